The fourth-order valence-electron chi connectivity index (χ4n) is 1.29. The quantitative estimate of drug-likeness (QED) is 0.665. The lowest BCUT2D eigenvalue weighted by Crippen LogP contribution is -1.99. The van der Waals surface area contributed by atoms with Crippen molar-refractivity contribution in [3.05, 3.63) is 40.4 Å². The first-order chi connectivity index (χ1) is 8.58. The first-order valence-corrected chi connectivity index (χ1v) is 5.27. The van der Waals surface area contributed by atoms with Crippen molar-refractivity contribution in [3.8, 4) is 5.75 Å². The summed E-state index contributed by atoms with van der Waals surface area (Å²) in [5.41, 5.74) is 0.554. The number of nitrogens with zero attached hydrogens (tertiary/aromatic N) is 3. The number of hydrogen-bond acceptors (Lipinski definition) is 4. The van der Waals surface area contributed by atoms with Gasteiger partial charge in [-0.3, -0.25) is 0 Å². The second-order valence-electron chi connectivity index (χ2n) is 3.34. The van der Waals surface area contributed by atoms with Gasteiger partial charge in [0.25, 0.3) is 6.43 Å². The maximum absolute atomic E-state index is 12.6. The Morgan fingerprint density at radius 3 is 2.94 bits per heavy atom. The molecule has 2 rings (SSSR count). The van der Waals surface area contributed by atoms with Crippen LogP contribution in [0.1, 0.15) is 17.8 Å². The van der Waals surface area contributed by atoms with Crippen LogP contribution in [0.15, 0.2) is 29.4 Å². The number of alkyl halides is 2. The molecule has 2 N–H and O–H groups in total. The minimum atomic E-state index is -2.78. The first kappa shape index (κ1) is 12.4. The minimum Gasteiger partial charge on any atom is -0.508 e. The highest BCUT2D eigenvalue weighted by Crippen LogP contribution is 2.16. The van der Waals surface area contributed by atoms with Gasteiger partial charge in [0, 0.05) is 0 Å². The molecule has 0 fully saturated rings. The van der Waals surface area contributed by atoms with Crippen LogP contribution in [-0.4, -0.2) is 26.2 Å². The molecule has 0 aliphatic heterocycles. The Bertz CT molecular complexity index is 635. The molecule has 2 aromatic rings. The van der Waals surface area contributed by atoms with Crippen LogP contribution in [0.25, 0.3) is 0 Å². The van der Waals surface area contributed by atoms with Crippen LogP contribution in [0.4, 0.5) is 8.78 Å². The number of halogens is 2. The highest BCUT2D eigenvalue weighted by atomic mass is 32.1. The molecule has 0 spiro atoms. The number of aromatic nitrogens is 3. The average molecular weight is 270 g/mol. The number of rotatable bonds is 3. The van der Waals surface area contributed by atoms with E-state index in [9.17, 15) is 13.9 Å². The zero-order valence-electron chi connectivity index (χ0n) is 8.92. The second kappa shape index (κ2) is 5.05. The van der Waals surface area contributed by atoms with Gasteiger partial charge < -0.3 is 5.11 Å². The zero-order valence-corrected chi connectivity index (χ0v) is 9.73. The number of phenolic OH excluding ortho intramolecular Hbond substituents is 1. The Hall–Kier alpha value is -2.09. The van der Waals surface area contributed by atoms with E-state index in [4.69, 9.17) is 12.2 Å². The molecule has 0 unspecified atom stereocenters. The summed E-state index contributed by atoms with van der Waals surface area (Å²) in [5, 5.41) is 18.7. The van der Waals surface area contributed by atoms with Crippen molar-refractivity contribution < 1.29 is 13.9 Å². The smallest absolute Gasteiger partial charge is 0.299 e. The van der Waals surface area contributed by atoms with E-state index in [1.807, 2.05) is 0 Å². The van der Waals surface area contributed by atoms with E-state index in [-0.39, 0.29) is 10.5 Å². The van der Waals surface area contributed by atoms with Crippen LogP contribution in [0, 0.1) is 4.77 Å². The normalized spacial score (nSPS) is 11.5. The Morgan fingerprint density at radius 2 is 2.28 bits per heavy atom. The second-order valence-corrected chi connectivity index (χ2v) is 3.73. The summed E-state index contributed by atoms with van der Waals surface area (Å²) < 4.78 is 25.9. The van der Waals surface area contributed by atoms with Crippen molar-refractivity contribution in [1.29, 1.82) is 0 Å². The van der Waals surface area contributed by atoms with E-state index >= 15 is 0 Å². The highest BCUT2D eigenvalue weighted by molar-refractivity contribution is 7.71. The zero-order chi connectivity index (χ0) is 13.1. The molecule has 5 nitrogen and oxygen atoms in total. The molecule has 18 heavy (non-hydrogen) atoms. The van der Waals surface area contributed by atoms with E-state index in [1.165, 1.54) is 18.3 Å². The number of aromatic hydroxyl groups is 1. The SMILES string of the molecule is Oc1cccc(/C=N/n2c(C(F)F)n[nH]c2=S)c1. The molecule has 0 radical (unpaired) electrons. The van der Waals surface area contributed by atoms with Crippen LogP contribution >= 0.6 is 12.2 Å². The van der Waals surface area contributed by atoms with Crippen LogP contribution in [0.3, 0.4) is 0 Å². The fourth-order valence-corrected chi connectivity index (χ4v) is 1.47. The van der Waals surface area contributed by atoms with Gasteiger partial charge in [-0.25, -0.2) is 13.9 Å². The van der Waals surface area contributed by atoms with E-state index in [2.05, 4.69) is 15.3 Å². The van der Waals surface area contributed by atoms with Crippen LogP contribution in [-0.2, 0) is 0 Å². The third-order valence-corrected chi connectivity index (χ3v) is 2.33. The van der Waals surface area contributed by atoms with Crippen LogP contribution in [0.2, 0.25) is 0 Å². The minimum absolute atomic E-state index is 0.0262. The summed E-state index contributed by atoms with van der Waals surface area (Å²) in [6, 6.07) is 6.20. The van der Waals surface area contributed by atoms with E-state index in [0.29, 0.717) is 5.56 Å². The summed E-state index contributed by atoms with van der Waals surface area (Å²) in [4.78, 5) is 0. The molecule has 0 amide bonds. The fraction of sp³-hybridized carbons (Fsp3) is 0.100. The van der Waals surface area contributed by atoms with Crippen molar-refractivity contribution in [3.63, 3.8) is 0 Å². The summed E-state index contributed by atoms with van der Waals surface area (Å²) in [5.74, 6) is -0.500. The summed E-state index contributed by atoms with van der Waals surface area (Å²) in [7, 11) is 0. The predicted octanol–water partition coefficient (Wildman–Crippen LogP) is 2.47. The Balaban J connectivity index is 2.34. The number of nitrogens with one attached hydrogen (secondary N) is 1. The molecular formula is C10H8F2N4OS. The number of benzene rings is 1. The lowest BCUT2D eigenvalue weighted by atomic mass is 10.2. The van der Waals surface area contributed by atoms with Crippen molar-refractivity contribution in [2.24, 2.45) is 5.10 Å². The number of H-pyrrole nitrogens is 1. The lowest BCUT2D eigenvalue weighted by molar-refractivity contribution is 0.136. The van der Waals surface area contributed by atoms with E-state index in [1.54, 1.807) is 12.1 Å². The Morgan fingerprint density at radius 1 is 1.50 bits per heavy atom. The molecule has 0 aliphatic rings. The van der Waals surface area contributed by atoms with Crippen LogP contribution in [0.5, 0.6) is 5.75 Å². The maximum Gasteiger partial charge on any atom is 0.299 e. The molecule has 8 heteroatoms. The molecule has 0 aliphatic carbocycles. The van der Waals surface area contributed by atoms with Gasteiger partial charge in [-0.05, 0) is 29.9 Å². The molecule has 1 heterocycles. The summed E-state index contributed by atoms with van der Waals surface area (Å²) >= 11 is 4.78. The van der Waals surface area contributed by atoms with Gasteiger partial charge >= 0.3 is 0 Å². The molecule has 0 atom stereocenters. The van der Waals surface area contributed by atoms with Gasteiger partial charge in [-0.2, -0.15) is 14.9 Å². The lowest BCUT2D eigenvalue weighted by Gasteiger charge is -1.98. The number of phenols is 1. The standard InChI is InChI=1S/C10H8F2N4OS/c11-8(12)9-14-15-10(18)16(9)13-5-6-2-1-3-7(17)4-6/h1-5,8,17H,(H,15,18)/b13-5+. The maximum atomic E-state index is 12.6. The van der Waals surface area contributed by atoms with Crippen LogP contribution < -0.4 is 0 Å². The molecule has 1 aromatic carbocycles. The topological polar surface area (TPSA) is 66.2 Å². The van der Waals surface area contributed by atoms with E-state index in [0.717, 1.165) is 4.68 Å². The first-order valence-electron chi connectivity index (χ1n) is 4.87. The molecule has 1 aromatic heterocycles. The van der Waals surface area contributed by atoms with Gasteiger partial charge in [-0.15, -0.1) is 0 Å². The number of hydrogen-bond donors (Lipinski definition) is 2. The monoisotopic (exact) mass is 270 g/mol. The van der Waals surface area contributed by atoms with Crippen molar-refractivity contribution in [2.75, 3.05) is 0 Å². The van der Waals surface area contributed by atoms with Crippen molar-refractivity contribution in [2.45, 2.75) is 6.43 Å². The molecule has 0 saturated heterocycles. The van der Waals surface area contributed by atoms with Crippen molar-refractivity contribution >= 4 is 18.4 Å². The average Bonchev–Trinajstić information content (AvgIpc) is 2.68. The predicted molar refractivity (Wildman–Crippen MR) is 63.5 cm³/mol. The van der Waals surface area contributed by atoms with Gasteiger partial charge in [0.1, 0.15) is 5.75 Å². The molecule has 94 valence electrons. The van der Waals surface area contributed by atoms with Gasteiger partial charge in [0.05, 0.1) is 6.21 Å². The summed E-state index contributed by atoms with van der Waals surface area (Å²) in [6.45, 7) is 0. The van der Waals surface area contributed by atoms with Crippen molar-refractivity contribution in [1.82, 2.24) is 14.9 Å². The van der Waals surface area contributed by atoms with Gasteiger partial charge in [0.2, 0.25) is 10.6 Å². The largest absolute Gasteiger partial charge is 0.508 e. The molecule has 0 saturated carbocycles. The van der Waals surface area contributed by atoms with E-state index < -0.39 is 12.2 Å². The molecule has 0 bridgehead atoms. The third kappa shape index (κ3) is 2.59. The van der Waals surface area contributed by atoms with Gasteiger partial charge in [0.15, 0.2) is 0 Å². The number of aromatic amines is 1. The molecular weight excluding hydrogens is 262 g/mol. The highest BCUT2D eigenvalue weighted by Gasteiger charge is 2.15. The Labute approximate surface area is 105 Å². The van der Waals surface area contributed by atoms with Gasteiger partial charge in [-0.1, -0.05) is 12.1 Å². The third-order valence-electron chi connectivity index (χ3n) is 2.06. The summed E-state index contributed by atoms with van der Waals surface area (Å²) in [6.07, 6.45) is -1.48. The Kier molecular flexibility index (Phi) is 3.47.